The molecule has 0 radical (unpaired) electrons. The number of nitrogens with zero attached hydrogens (tertiary/aromatic N) is 3. The van der Waals surface area contributed by atoms with Gasteiger partial charge in [0.25, 0.3) is 0 Å². The summed E-state index contributed by atoms with van der Waals surface area (Å²) in [6.07, 6.45) is 1.52. The molecule has 2 aromatic carbocycles. The summed E-state index contributed by atoms with van der Waals surface area (Å²) >= 11 is 6.35. The fourth-order valence-electron chi connectivity index (χ4n) is 3.31. The maximum Gasteiger partial charge on any atom is 0.187 e. The first-order chi connectivity index (χ1) is 12.0. The maximum absolute atomic E-state index is 14.6. The van der Waals surface area contributed by atoms with Crippen molar-refractivity contribution in [1.82, 2.24) is 14.8 Å². The van der Waals surface area contributed by atoms with Gasteiger partial charge in [-0.05, 0) is 23.8 Å². The predicted octanol–water partition coefficient (Wildman–Crippen LogP) is 3.80. The second-order valence-corrected chi connectivity index (χ2v) is 6.39. The summed E-state index contributed by atoms with van der Waals surface area (Å²) < 4.78 is 35.4. The summed E-state index contributed by atoms with van der Waals surface area (Å²) in [5.41, 5.74) is -0.243. The third-order valence-corrected chi connectivity index (χ3v) is 4.86. The zero-order valence-electron chi connectivity index (χ0n) is 13.3. The molecule has 3 aromatic rings. The van der Waals surface area contributed by atoms with Crippen LogP contribution in [-0.2, 0) is 17.4 Å². The van der Waals surface area contributed by atoms with Gasteiger partial charge < -0.3 is 4.74 Å². The Morgan fingerprint density at radius 2 is 2.04 bits per heavy atom. The first kappa shape index (κ1) is 16.2. The summed E-state index contributed by atoms with van der Waals surface area (Å²) in [5.74, 6) is -1.33. The van der Waals surface area contributed by atoms with Crippen LogP contribution in [0.5, 0.6) is 0 Å². The van der Waals surface area contributed by atoms with Gasteiger partial charge in [0.2, 0.25) is 0 Å². The van der Waals surface area contributed by atoms with Gasteiger partial charge in [-0.2, -0.15) is 5.10 Å². The minimum absolute atomic E-state index is 0.191. The van der Waals surface area contributed by atoms with E-state index >= 15 is 0 Å². The van der Waals surface area contributed by atoms with Crippen molar-refractivity contribution in [3.8, 4) is 0 Å². The summed E-state index contributed by atoms with van der Waals surface area (Å²) in [4.78, 5) is 4.28. The van der Waals surface area contributed by atoms with Crippen LogP contribution in [0.1, 0.15) is 22.9 Å². The second-order valence-electron chi connectivity index (χ2n) is 5.99. The number of ether oxygens (including phenoxy) is 1. The average Bonchev–Trinajstić information content (AvgIpc) is 2.97. The molecule has 2 heterocycles. The Bertz CT molecular complexity index is 946. The quantitative estimate of drug-likeness (QED) is 0.712. The van der Waals surface area contributed by atoms with Crippen LogP contribution in [0, 0.1) is 11.6 Å². The van der Waals surface area contributed by atoms with Gasteiger partial charge in [0.15, 0.2) is 11.4 Å². The molecule has 128 valence electrons. The van der Waals surface area contributed by atoms with Gasteiger partial charge in [-0.25, -0.2) is 13.8 Å². The number of benzene rings is 2. The molecule has 0 amide bonds. The Morgan fingerprint density at radius 3 is 2.64 bits per heavy atom. The van der Waals surface area contributed by atoms with Crippen molar-refractivity contribution in [1.29, 1.82) is 0 Å². The van der Waals surface area contributed by atoms with Gasteiger partial charge in [-0.3, -0.25) is 4.68 Å². The molecule has 25 heavy (non-hydrogen) atoms. The molecule has 0 N–H and O–H groups in total. The lowest BCUT2D eigenvalue weighted by molar-refractivity contribution is -0.155. The predicted molar refractivity (Wildman–Crippen MR) is 88.3 cm³/mol. The molecule has 1 aromatic heterocycles. The molecule has 0 bridgehead atoms. The van der Waals surface area contributed by atoms with Gasteiger partial charge in [0, 0.05) is 29.6 Å². The second kappa shape index (κ2) is 5.89. The zero-order valence-corrected chi connectivity index (χ0v) is 14.0. The fraction of sp³-hybridized carbons (Fsp3) is 0.222. The molecule has 1 fully saturated rings. The Hall–Kier alpha value is -2.31. The summed E-state index contributed by atoms with van der Waals surface area (Å²) in [6.45, 7) is 0.332. The van der Waals surface area contributed by atoms with E-state index in [0.717, 1.165) is 11.6 Å². The van der Waals surface area contributed by atoms with Crippen LogP contribution in [0.3, 0.4) is 0 Å². The van der Waals surface area contributed by atoms with Crippen LogP contribution >= 0.6 is 11.6 Å². The van der Waals surface area contributed by atoms with Crippen molar-refractivity contribution in [2.75, 3.05) is 6.61 Å². The molecule has 0 spiro atoms. The van der Waals surface area contributed by atoms with E-state index in [0.29, 0.717) is 17.5 Å². The van der Waals surface area contributed by atoms with Crippen molar-refractivity contribution >= 4 is 11.6 Å². The molecule has 1 aliphatic rings. The van der Waals surface area contributed by atoms with Crippen molar-refractivity contribution in [3.05, 3.63) is 82.4 Å². The van der Waals surface area contributed by atoms with E-state index in [-0.39, 0.29) is 11.5 Å². The van der Waals surface area contributed by atoms with Crippen molar-refractivity contribution in [3.63, 3.8) is 0 Å². The molecule has 2 atom stereocenters. The molecule has 1 aliphatic heterocycles. The summed E-state index contributed by atoms with van der Waals surface area (Å²) in [7, 11) is 1.72. The Kier molecular flexibility index (Phi) is 3.81. The highest BCUT2D eigenvalue weighted by Crippen LogP contribution is 2.53. The first-order valence-corrected chi connectivity index (χ1v) is 8.10. The van der Waals surface area contributed by atoms with E-state index in [4.69, 9.17) is 16.3 Å². The maximum atomic E-state index is 14.6. The van der Waals surface area contributed by atoms with E-state index in [1.54, 1.807) is 13.1 Å². The van der Waals surface area contributed by atoms with E-state index in [1.165, 1.54) is 23.1 Å². The minimum atomic E-state index is -1.25. The van der Waals surface area contributed by atoms with E-state index in [9.17, 15) is 8.78 Å². The van der Waals surface area contributed by atoms with Crippen LogP contribution in [0.2, 0.25) is 5.02 Å². The van der Waals surface area contributed by atoms with Gasteiger partial charge in [-0.15, -0.1) is 0 Å². The monoisotopic (exact) mass is 361 g/mol. The van der Waals surface area contributed by atoms with Gasteiger partial charge in [0.1, 0.15) is 18.0 Å². The van der Waals surface area contributed by atoms with E-state index in [2.05, 4.69) is 10.1 Å². The number of aryl methyl sites for hydroxylation is 1. The first-order valence-electron chi connectivity index (χ1n) is 7.72. The lowest BCUT2D eigenvalue weighted by atomic mass is 9.72. The average molecular weight is 362 g/mol. The molecule has 7 heteroatoms. The standard InChI is InChI=1S/C18H14ClF2N3O/c1-24-10-22-17(23-24)18(13-7-6-11(20)8-16(13)21)14(9-25-18)12-4-2-3-5-15(12)19/h2-8,10,14H,9H2,1H3/t14-,18+/m1/s1. The number of aromatic nitrogens is 3. The van der Waals surface area contributed by atoms with Crippen LogP contribution < -0.4 is 0 Å². The normalized spacial score (nSPS) is 22.6. The van der Waals surface area contributed by atoms with Crippen molar-refractivity contribution < 1.29 is 13.5 Å². The number of hydrogen-bond acceptors (Lipinski definition) is 3. The van der Waals surface area contributed by atoms with Crippen LogP contribution in [-0.4, -0.2) is 21.4 Å². The Morgan fingerprint density at radius 1 is 1.24 bits per heavy atom. The molecule has 4 rings (SSSR count). The summed E-state index contributed by atoms with van der Waals surface area (Å²) in [6, 6.07) is 10.7. The minimum Gasteiger partial charge on any atom is -0.360 e. The molecular formula is C18H14ClF2N3O. The Balaban J connectivity index is 1.93. The van der Waals surface area contributed by atoms with E-state index in [1.807, 2.05) is 18.2 Å². The van der Waals surface area contributed by atoms with Gasteiger partial charge >= 0.3 is 0 Å². The summed E-state index contributed by atoms with van der Waals surface area (Å²) in [5, 5.41) is 4.88. The van der Waals surface area contributed by atoms with Crippen LogP contribution in [0.25, 0.3) is 0 Å². The third-order valence-electron chi connectivity index (χ3n) is 4.51. The zero-order chi connectivity index (χ0) is 17.6. The molecular weight excluding hydrogens is 348 g/mol. The van der Waals surface area contributed by atoms with Crippen molar-refractivity contribution in [2.45, 2.75) is 11.5 Å². The number of hydrogen-bond donors (Lipinski definition) is 0. The van der Waals surface area contributed by atoms with Gasteiger partial charge in [0.05, 0.1) is 6.61 Å². The van der Waals surface area contributed by atoms with Gasteiger partial charge in [-0.1, -0.05) is 29.8 Å². The molecule has 0 unspecified atom stereocenters. The lowest BCUT2D eigenvalue weighted by Crippen LogP contribution is -2.51. The number of rotatable bonds is 3. The highest BCUT2D eigenvalue weighted by Gasteiger charge is 2.56. The molecule has 4 nitrogen and oxygen atoms in total. The third kappa shape index (κ3) is 2.44. The smallest absolute Gasteiger partial charge is 0.187 e. The lowest BCUT2D eigenvalue weighted by Gasteiger charge is -2.48. The highest BCUT2D eigenvalue weighted by atomic mass is 35.5. The highest BCUT2D eigenvalue weighted by molar-refractivity contribution is 6.31. The fourth-order valence-corrected chi connectivity index (χ4v) is 3.57. The van der Waals surface area contributed by atoms with Crippen molar-refractivity contribution in [2.24, 2.45) is 7.05 Å². The SMILES string of the molecule is Cn1cnc([C@@]2(c3ccc(F)cc3F)OC[C@@H]2c2ccccc2Cl)n1. The largest absolute Gasteiger partial charge is 0.360 e. The topological polar surface area (TPSA) is 39.9 Å². The molecule has 0 aliphatic carbocycles. The molecule has 0 saturated carbocycles. The Labute approximate surface area is 148 Å². The van der Waals surface area contributed by atoms with Crippen LogP contribution in [0.4, 0.5) is 8.78 Å². The van der Waals surface area contributed by atoms with Crippen LogP contribution in [0.15, 0.2) is 48.8 Å². The number of halogens is 3. The molecule has 1 saturated heterocycles. The van der Waals surface area contributed by atoms with E-state index < -0.39 is 17.2 Å².